The fourth-order valence-electron chi connectivity index (χ4n) is 3.40. The van der Waals surface area contributed by atoms with Crippen LogP contribution in [0.15, 0.2) is 47.6 Å². The molecule has 2 aliphatic rings. The normalized spacial score (nSPS) is 20.7. The van der Waals surface area contributed by atoms with Gasteiger partial charge in [-0.2, -0.15) is 0 Å². The molecular formula is C20H25N3O3S. The van der Waals surface area contributed by atoms with E-state index >= 15 is 0 Å². The predicted octanol–water partition coefficient (Wildman–Crippen LogP) is 2.48. The Kier molecular flexibility index (Phi) is 5.16. The first-order valence-electron chi connectivity index (χ1n) is 9.40. The lowest BCUT2D eigenvalue weighted by Gasteiger charge is -2.17. The Morgan fingerprint density at radius 1 is 1.19 bits per heavy atom. The molecule has 0 bridgehead atoms. The Hall–Kier alpha value is -1.96. The highest BCUT2D eigenvalue weighted by molar-refractivity contribution is 7.89. The van der Waals surface area contributed by atoms with Gasteiger partial charge in [0.2, 0.25) is 10.0 Å². The van der Waals surface area contributed by atoms with Crippen molar-refractivity contribution in [3.8, 4) is 5.75 Å². The first-order valence-corrected chi connectivity index (χ1v) is 10.9. The smallest absolute Gasteiger partial charge is 0.242 e. The van der Waals surface area contributed by atoms with E-state index in [9.17, 15) is 8.42 Å². The van der Waals surface area contributed by atoms with E-state index in [2.05, 4.69) is 26.7 Å². The molecule has 1 aromatic heterocycles. The number of sulfonamides is 1. The Balaban J connectivity index is 1.32. The molecule has 1 aliphatic carbocycles. The van der Waals surface area contributed by atoms with Gasteiger partial charge >= 0.3 is 0 Å². The topological polar surface area (TPSA) is 71.5 Å². The van der Waals surface area contributed by atoms with Crippen LogP contribution >= 0.6 is 0 Å². The van der Waals surface area contributed by atoms with Crippen LogP contribution in [-0.4, -0.2) is 43.5 Å². The van der Waals surface area contributed by atoms with E-state index in [1.807, 2.05) is 12.1 Å². The van der Waals surface area contributed by atoms with Crippen LogP contribution in [0.3, 0.4) is 0 Å². The fraction of sp³-hybridized carbons (Fsp3) is 0.450. The number of ether oxygens (including phenoxy) is 1. The van der Waals surface area contributed by atoms with Crippen LogP contribution in [0, 0.1) is 6.92 Å². The number of pyridine rings is 1. The van der Waals surface area contributed by atoms with Crippen molar-refractivity contribution >= 4 is 10.0 Å². The summed E-state index contributed by atoms with van der Waals surface area (Å²) in [5, 5.41) is 0. The zero-order valence-electron chi connectivity index (χ0n) is 15.5. The maximum atomic E-state index is 12.6. The molecule has 1 aliphatic heterocycles. The van der Waals surface area contributed by atoms with Gasteiger partial charge in [0, 0.05) is 38.1 Å². The number of aromatic nitrogens is 1. The second-order valence-electron chi connectivity index (χ2n) is 7.44. The highest BCUT2D eigenvalue weighted by atomic mass is 32.2. The molecule has 1 saturated heterocycles. The molecule has 6 nitrogen and oxygen atoms in total. The molecule has 0 amide bonds. The summed E-state index contributed by atoms with van der Waals surface area (Å²) in [5.41, 5.74) is 1.92. The summed E-state index contributed by atoms with van der Waals surface area (Å²) in [4.78, 5) is 6.48. The zero-order valence-corrected chi connectivity index (χ0v) is 16.3. The molecule has 27 heavy (non-hydrogen) atoms. The molecule has 2 aromatic rings. The van der Waals surface area contributed by atoms with Crippen LogP contribution in [0.1, 0.15) is 30.4 Å². The first-order chi connectivity index (χ1) is 13.0. The molecule has 7 heteroatoms. The summed E-state index contributed by atoms with van der Waals surface area (Å²) in [6.45, 7) is 4.18. The molecule has 2 fully saturated rings. The highest BCUT2D eigenvalue weighted by Gasteiger charge is 2.28. The van der Waals surface area contributed by atoms with Gasteiger partial charge in [-0.25, -0.2) is 13.1 Å². The average Bonchev–Trinajstić information content (AvgIpc) is 3.35. The standard InChI is InChI=1S/C20H25N3O3S/c1-15-8-10-21-12-20(15)27(24,25)22-17-9-11-23(14-17)13-16-2-4-18(5-3-16)26-19-6-7-19/h2-5,8,10,12,17,19,22H,6-7,9,11,13-14H2,1H3/t17-/m1/s1. The van der Waals surface area contributed by atoms with Crippen LogP contribution in [0.4, 0.5) is 0 Å². The molecule has 144 valence electrons. The maximum absolute atomic E-state index is 12.6. The van der Waals surface area contributed by atoms with Crippen molar-refractivity contribution in [1.29, 1.82) is 0 Å². The summed E-state index contributed by atoms with van der Waals surface area (Å²) in [6.07, 6.45) is 6.55. The molecule has 2 heterocycles. The van der Waals surface area contributed by atoms with E-state index in [0.29, 0.717) is 18.2 Å². The minimum absolute atomic E-state index is 0.0768. The van der Waals surface area contributed by atoms with E-state index in [1.54, 1.807) is 19.2 Å². The van der Waals surface area contributed by atoms with Crippen molar-refractivity contribution in [3.05, 3.63) is 53.9 Å². The predicted molar refractivity (Wildman–Crippen MR) is 103 cm³/mol. The van der Waals surface area contributed by atoms with Crippen LogP contribution in [-0.2, 0) is 16.6 Å². The van der Waals surface area contributed by atoms with Gasteiger partial charge in [-0.3, -0.25) is 9.88 Å². The number of nitrogens with zero attached hydrogens (tertiary/aromatic N) is 2. The number of aryl methyl sites for hydroxylation is 1. The quantitative estimate of drug-likeness (QED) is 0.790. The van der Waals surface area contributed by atoms with Crippen molar-refractivity contribution in [3.63, 3.8) is 0 Å². The zero-order chi connectivity index (χ0) is 18.9. The van der Waals surface area contributed by atoms with Gasteiger partial charge in [0.25, 0.3) is 0 Å². The van der Waals surface area contributed by atoms with Gasteiger partial charge in [0.1, 0.15) is 10.6 Å². The summed E-state index contributed by atoms with van der Waals surface area (Å²) < 4.78 is 33.9. The Labute approximate surface area is 160 Å². The summed E-state index contributed by atoms with van der Waals surface area (Å²) in [7, 11) is -3.54. The molecular weight excluding hydrogens is 362 g/mol. The second-order valence-corrected chi connectivity index (χ2v) is 9.13. The van der Waals surface area contributed by atoms with E-state index < -0.39 is 10.0 Å². The van der Waals surface area contributed by atoms with Gasteiger partial charge in [-0.1, -0.05) is 12.1 Å². The second kappa shape index (κ2) is 7.58. The van der Waals surface area contributed by atoms with Crippen molar-refractivity contribution < 1.29 is 13.2 Å². The lowest BCUT2D eigenvalue weighted by Crippen LogP contribution is -2.37. The SMILES string of the molecule is Cc1ccncc1S(=O)(=O)N[C@@H]1CCN(Cc2ccc(OC3CC3)cc2)C1. The summed E-state index contributed by atoms with van der Waals surface area (Å²) >= 11 is 0. The lowest BCUT2D eigenvalue weighted by molar-refractivity contribution is 0.302. The van der Waals surface area contributed by atoms with E-state index in [-0.39, 0.29) is 10.9 Å². The molecule has 1 aromatic carbocycles. The highest BCUT2D eigenvalue weighted by Crippen LogP contribution is 2.27. The Bertz CT molecular complexity index is 895. The molecule has 0 spiro atoms. The number of hydrogen-bond donors (Lipinski definition) is 1. The first kappa shape index (κ1) is 18.4. The molecule has 1 saturated carbocycles. The average molecular weight is 388 g/mol. The van der Waals surface area contributed by atoms with Gasteiger partial charge in [0.05, 0.1) is 6.10 Å². The number of nitrogens with one attached hydrogen (secondary N) is 1. The third-order valence-corrected chi connectivity index (χ3v) is 6.68. The number of likely N-dealkylation sites (tertiary alicyclic amines) is 1. The molecule has 4 rings (SSSR count). The summed E-state index contributed by atoms with van der Waals surface area (Å²) in [5.74, 6) is 0.931. The van der Waals surface area contributed by atoms with Crippen LogP contribution in [0.5, 0.6) is 5.75 Å². The maximum Gasteiger partial charge on any atom is 0.242 e. The number of benzene rings is 1. The molecule has 1 atom stereocenters. The van der Waals surface area contributed by atoms with Crippen molar-refractivity contribution in [2.75, 3.05) is 13.1 Å². The van der Waals surface area contributed by atoms with Crippen molar-refractivity contribution in [2.24, 2.45) is 0 Å². The Morgan fingerprint density at radius 2 is 1.96 bits per heavy atom. The molecule has 0 unspecified atom stereocenters. The van der Waals surface area contributed by atoms with E-state index in [4.69, 9.17) is 4.74 Å². The van der Waals surface area contributed by atoms with Gasteiger partial charge in [-0.05, 0) is 55.5 Å². The third-order valence-electron chi connectivity index (χ3n) is 5.03. The minimum Gasteiger partial charge on any atom is -0.490 e. The van der Waals surface area contributed by atoms with Gasteiger partial charge in [-0.15, -0.1) is 0 Å². The van der Waals surface area contributed by atoms with Crippen LogP contribution in [0.2, 0.25) is 0 Å². The van der Waals surface area contributed by atoms with Crippen LogP contribution in [0.25, 0.3) is 0 Å². The lowest BCUT2D eigenvalue weighted by atomic mass is 10.2. The Morgan fingerprint density at radius 3 is 2.67 bits per heavy atom. The third kappa shape index (κ3) is 4.66. The van der Waals surface area contributed by atoms with E-state index in [0.717, 1.165) is 38.1 Å². The minimum atomic E-state index is -3.54. The van der Waals surface area contributed by atoms with E-state index in [1.165, 1.54) is 11.8 Å². The molecule has 1 N–H and O–H groups in total. The van der Waals surface area contributed by atoms with Gasteiger partial charge < -0.3 is 4.74 Å². The fourth-order valence-corrected chi connectivity index (χ4v) is 4.85. The number of rotatable bonds is 7. The van der Waals surface area contributed by atoms with Crippen molar-refractivity contribution in [2.45, 2.75) is 49.8 Å². The monoisotopic (exact) mass is 387 g/mol. The summed E-state index contributed by atoms with van der Waals surface area (Å²) in [6, 6.07) is 9.87. The number of hydrogen-bond acceptors (Lipinski definition) is 5. The largest absolute Gasteiger partial charge is 0.490 e. The van der Waals surface area contributed by atoms with Crippen molar-refractivity contribution in [1.82, 2.24) is 14.6 Å². The molecule has 0 radical (unpaired) electrons. The van der Waals surface area contributed by atoms with Crippen LogP contribution < -0.4 is 9.46 Å². The van der Waals surface area contributed by atoms with Gasteiger partial charge in [0.15, 0.2) is 0 Å².